The van der Waals surface area contributed by atoms with E-state index in [2.05, 4.69) is 0 Å². The molecule has 74 valence electrons. The number of hydrogen-bond donors (Lipinski definition) is 2. The summed E-state index contributed by atoms with van der Waals surface area (Å²) in [5.74, 6) is -0.738. The van der Waals surface area contributed by atoms with Crippen LogP contribution < -0.4 is 0 Å². The predicted molar refractivity (Wildman–Crippen MR) is 41.6 cm³/mol. The largest absolute Gasteiger partial charge is 0.374 e. The van der Waals surface area contributed by atoms with Gasteiger partial charge in [0.1, 0.15) is 11.8 Å². The Labute approximate surface area is 75.3 Å². The Bertz CT molecular complexity index is 261. The van der Waals surface area contributed by atoms with Crippen molar-refractivity contribution in [1.82, 2.24) is 9.96 Å². The van der Waals surface area contributed by atoms with E-state index in [0.29, 0.717) is 0 Å². The lowest BCUT2D eigenvalue weighted by molar-refractivity contribution is -0.152. The van der Waals surface area contributed by atoms with E-state index in [1.54, 1.807) is 0 Å². The van der Waals surface area contributed by atoms with Crippen LogP contribution in [0.3, 0.4) is 0 Å². The summed E-state index contributed by atoms with van der Waals surface area (Å²) >= 11 is 0. The van der Waals surface area contributed by atoms with Gasteiger partial charge in [0.15, 0.2) is 0 Å². The molecule has 2 N–H and O–H groups in total. The lowest BCUT2D eigenvalue weighted by Gasteiger charge is -2.29. The number of carbonyl (C=O) groups excluding carboxylic acids is 2. The number of amides is 3. The van der Waals surface area contributed by atoms with E-state index in [1.165, 1.54) is 20.8 Å². The molecule has 0 spiro atoms. The predicted octanol–water partition coefficient (Wildman–Crippen LogP) is -0.243. The molecule has 0 radical (unpaired) electrons. The monoisotopic (exact) mass is 188 g/mol. The van der Waals surface area contributed by atoms with Gasteiger partial charge in [-0.15, -0.1) is 5.06 Å². The molecular weight excluding hydrogens is 176 g/mol. The molecule has 1 unspecified atom stereocenters. The van der Waals surface area contributed by atoms with E-state index >= 15 is 0 Å². The summed E-state index contributed by atoms with van der Waals surface area (Å²) in [5, 5.41) is 18.2. The summed E-state index contributed by atoms with van der Waals surface area (Å²) in [6.07, 6.45) is -1.11. The third-order valence-electron chi connectivity index (χ3n) is 2.08. The Morgan fingerprint density at radius 2 is 1.85 bits per heavy atom. The SMILES string of the molecule is CC(O)N1C(=O)N(O)C(=O)C1(C)C. The number of nitrogens with zero attached hydrogens (tertiary/aromatic N) is 2. The van der Waals surface area contributed by atoms with Gasteiger partial charge in [0.2, 0.25) is 0 Å². The van der Waals surface area contributed by atoms with Crippen molar-refractivity contribution in [3.05, 3.63) is 0 Å². The molecule has 1 aliphatic rings. The first-order chi connectivity index (χ1) is 5.80. The van der Waals surface area contributed by atoms with Crippen LogP contribution in [0.25, 0.3) is 0 Å². The van der Waals surface area contributed by atoms with E-state index in [0.717, 1.165) is 4.90 Å². The normalized spacial score (nSPS) is 24.1. The summed E-state index contributed by atoms with van der Waals surface area (Å²) in [6.45, 7) is 4.26. The number of imide groups is 1. The van der Waals surface area contributed by atoms with Crippen LogP contribution in [0.15, 0.2) is 0 Å². The zero-order valence-corrected chi connectivity index (χ0v) is 7.68. The molecule has 0 saturated carbocycles. The molecule has 6 nitrogen and oxygen atoms in total. The number of aliphatic hydroxyl groups is 1. The molecule has 0 aromatic rings. The van der Waals surface area contributed by atoms with Crippen LogP contribution in [-0.4, -0.2) is 44.0 Å². The number of hydrogen-bond acceptors (Lipinski definition) is 4. The fourth-order valence-electron chi connectivity index (χ4n) is 1.42. The van der Waals surface area contributed by atoms with Crippen LogP contribution in [-0.2, 0) is 4.79 Å². The molecule has 0 aromatic heterocycles. The number of aliphatic hydroxyl groups excluding tert-OH is 1. The maximum Gasteiger partial charge on any atom is 0.354 e. The maximum atomic E-state index is 11.3. The van der Waals surface area contributed by atoms with Gasteiger partial charge in [-0.3, -0.25) is 14.9 Å². The minimum atomic E-state index is -1.19. The minimum Gasteiger partial charge on any atom is -0.374 e. The van der Waals surface area contributed by atoms with E-state index in [9.17, 15) is 14.7 Å². The van der Waals surface area contributed by atoms with Crippen molar-refractivity contribution < 1.29 is 19.9 Å². The molecule has 0 aromatic carbocycles. The van der Waals surface area contributed by atoms with Gasteiger partial charge >= 0.3 is 6.03 Å². The van der Waals surface area contributed by atoms with Crippen molar-refractivity contribution in [2.24, 2.45) is 0 Å². The van der Waals surface area contributed by atoms with Crippen molar-refractivity contribution in [2.75, 3.05) is 0 Å². The van der Waals surface area contributed by atoms with Crippen LogP contribution in [0.5, 0.6) is 0 Å². The van der Waals surface area contributed by atoms with Gasteiger partial charge in [-0.25, -0.2) is 4.79 Å². The first kappa shape index (κ1) is 9.94. The zero-order valence-electron chi connectivity index (χ0n) is 7.68. The fraction of sp³-hybridized carbons (Fsp3) is 0.714. The molecule has 6 heteroatoms. The molecular formula is C7H12N2O4. The van der Waals surface area contributed by atoms with Crippen LogP contribution in [0.2, 0.25) is 0 Å². The van der Waals surface area contributed by atoms with Gasteiger partial charge in [-0.05, 0) is 20.8 Å². The van der Waals surface area contributed by atoms with Gasteiger partial charge in [0.05, 0.1) is 0 Å². The van der Waals surface area contributed by atoms with Gasteiger partial charge < -0.3 is 5.11 Å². The Kier molecular flexibility index (Phi) is 2.05. The Hall–Kier alpha value is -1.14. The Morgan fingerprint density at radius 1 is 1.38 bits per heavy atom. The summed E-state index contributed by atoms with van der Waals surface area (Å²) in [6, 6.07) is -0.898. The summed E-state index contributed by atoms with van der Waals surface area (Å²) in [4.78, 5) is 23.4. The highest BCUT2D eigenvalue weighted by molar-refractivity contribution is 6.05. The second-order valence-electron chi connectivity index (χ2n) is 3.46. The number of carbonyl (C=O) groups is 2. The molecule has 0 bridgehead atoms. The molecule has 3 amide bonds. The van der Waals surface area contributed by atoms with Crippen LogP contribution in [0.1, 0.15) is 20.8 Å². The minimum absolute atomic E-state index is 0.0206. The molecule has 1 rings (SSSR count). The van der Waals surface area contributed by atoms with Gasteiger partial charge in [0.25, 0.3) is 5.91 Å². The quantitative estimate of drug-likeness (QED) is 0.439. The molecule has 0 aliphatic carbocycles. The zero-order chi connectivity index (χ0) is 10.4. The Balaban J connectivity index is 3.10. The van der Waals surface area contributed by atoms with Crippen molar-refractivity contribution in [2.45, 2.75) is 32.5 Å². The van der Waals surface area contributed by atoms with Gasteiger partial charge in [-0.2, -0.15) is 0 Å². The molecule has 1 saturated heterocycles. The topological polar surface area (TPSA) is 81.1 Å². The molecule has 1 atom stereocenters. The van der Waals surface area contributed by atoms with Crippen molar-refractivity contribution >= 4 is 11.9 Å². The standard InChI is InChI=1S/C7H12N2O4/c1-4(10)8-6(12)9(13)5(11)7(8,2)3/h4,10,13H,1-3H3. The smallest absolute Gasteiger partial charge is 0.354 e. The van der Waals surface area contributed by atoms with Gasteiger partial charge in [-0.1, -0.05) is 0 Å². The first-order valence-electron chi connectivity index (χ1n) is 3.85. The lowest BCUT2D eigenvalue weighted by Crippen LogP contribution is -2.48. The third-order valence-corrected chi connectivity index (χ3v) is 2.08. The van der Waals surface area contributed by atoms with E-state index in [-0.39, 0.29) is 5.06 Å². The second-order valence-corrected chi connectivity index (χ2v) is 3.46. The van der Waals surface area contributed by atoms with Crippen molar-refractivity contribution in [3.8, 4) is 0 Å². The number of rotatable bonds is 1. The highest BCUT2D eigenvalue weighted by Crippen LogP contribution is 2.27. The summed E-state index contributed by atoms with van der Waals surface area (Å²) < 4.78 is 0. The lowest BCUT2D eigenvalue weighted by atomic mass is 10.0. The molecule has 13 heavy (non-hydrogen) atoms. The third kappa shape index (κ3) is 1.18. The maximum absolute atomic E-state index is 11.3. The van der Waals surface area contributed by atoms with Crippen LogP contribution in [0, 0.1) is 0 Å². The van der Waals surface area contributed by atoms with Crippen molar-refractivity contribution in [1.29, 1.82) is 0 Å². The first-order valence-corrected chi connectivity index (χ1v) is 3.85. The van der Waals surface area contributed by atoms with E-state index in [1.807, 2.05) is 0 Å². The van der Waals surface area contributed by atoms with Crippen LogP contribution >= 0.6 is 0 Å². The number of hydroxylamine groups is 2. The number of urea groups is 1. The Morgan fingerprint density at radius 3 is 2.00 bits per heavy atom. The average Bonchev–Trinajstić information content (AvgIpc) is 2.12. The summed E-state index contributed by atoms with van der Waals surface area (Å²) in [5.41, 5.74) is -1.19. The molecule has 1 aliphatic heterocycles. The van der Waals surface area contributed by atoms with E-state index < -0.39 is 23.7 Å². The second kappa shape index (κ2) is 2.68. The van der Waals surface area contributed by atoms with Gasteiger partial charge in [0, 0.05) is 0 Å². The van der Waals surface area contributed by atoms with E-state index in [4.69, 9.17) is 5.21 Å². The van der Waals surface area contributed by atoms with Crippen molar-refractivity contribution in [3.63, 3.8) is 0 Å². The highest BCUT2D eigenvalue weighted by Gasteiger charge is 2.52. The highest BCUT2D eigenvalue weighted by atomic mass is 16.5. The summed E-state index contributed by atoms with van der Waals surface area (Å²) in [7, 11) is 0. The molecule has 1 fully saturated rings. The fourth-order valence-corrected chi connectivity index (χ4v) is 1.42. The average molecular weight is 188 g/mol. The van der Waals surface area contributed by atoms with Crippen LogP contribution in [0.4, 0.5) is 4.79 Å². The molecule has 1 heterocycles.